The molecule has 1 amide bonds. The molecule has 148 valence electrons. The summed E-state index contributed by atoms with van der Waals surface area (Å²) in [7, 11) is 3.41. The van der Waals surface area contributed by atoms with Gasteiger partial charge in [0.2, 0.25) is 5.91 Å². The summed E-state index contributed by atoms with van der Waals surface area (Å²) in [5.41, 5.74) is 2.56. The van der Waals surface area contributed by atoms with Gasteiger partial charge in [0, 0.05) is 20.5 Å². The van der Waals surface area contributed by atoms with Crippen LogP contribution < -0.4 is 0 Å². The number of hydrogen-bond acceptors (Lipinski definition) is 3. The molecule has 2 unspecified atom stereocenters. The van der Waals surface area contributed by atoms with Gasteiger partial charge in [-0.3, -0.25) is 4.79 Å². The minimum Gasteiger partial charge on any atom is -0.389 e. The second kappa shape index (κ2) is 13.1. The molecule has 0 aromatic heterocycles. The minimum absolute atomic E-state index is 0.0114. The highest BCUT2D eigenvalue weighted by atomic mass is 16.3. The van der Waals surface area contributed by atoms with Crippen molar-refractivity contribution in [2.75, 3.05) is 14.1 Å². The molecule has 0 saturated heterocycles. The molecule has 1 aromatic carbocycles. The van der Waals surface area contributed by atoms with Crippen LogP contribution in [0.4, 0.5) is 0 Å². The van der Waals surface area contributed by atoms with Crippen molar-refractivity contribution in [3.05, 3.63) is 71.8 Å². The van der Waals surface area contributed by atoms with Gasteiger partial charge in [-0.05, 0) is 38.2 Å². The summed E-state index contributed by atoms with van der Waals surface area (Å²) in [6, 6.07) is 8.50. The van der Waals surface area contributed by atoms with Gasteiger partial charge in [0.1, 0.15) is 0 Å². The first-order valence-corrected chi connectivity index (χ1v) is 9.52. The summed E-state index contributed by atoms with van der Waals surface area (Å²) < 4.78 is 0. The van der Waals surface area contributed by atoms with E-state index in [9.17, 15) is 15.0 Å². The molecule has 0 bridgehead atoms. The molecule has 2 N–H and O–H groups in total. The Morgan fingerprint density at radius 1 is 0.963 bits per heavy atom. The standard InChI is InChI=1S/C23H33NO3/c1-19-13-15-20(16-14-19)9-8-12-21(25)10-6-4-5-7-11-22(26)17-18-23(27)24(2)3/h4-7,10-11,13-16,21-22,25-26H,8-9,12,17-18H2,1-3H3/b5-4+,10-6+,11-7+. The van der Waals surface area contributed by atoms with Crippen LogP contribution in [0, 0.1) is 6.92 Å². The van der Waals surface area contributed by atoms with Gasteiger partial charge in [-0.1, -0.05) is 66.3 Å². The number of aliphatic hydroxyl groups is 2. The molecule has 0 radical (unpaired) electrons. The third-order valence-corrected chi connectivity index (χ3v) is 4.24. The molecule has 4 heteroatoms. The predicted octanol–water partition coefficient (Wildman–Crippen LogP) is 3.58. The third kappa shape index (κ3) is 11.2. The lowest BCUT2D eigenvalue weighted by molar-refractivity contribution is -0.129. The molecule has 27 heavy (non-hydrogen) atoms. The maximum atomic E-state index is 11.4. The van der Waals surface area contributed by atoms with Crippen LogP contribution in [-0.2, 0) is 11.2 Å². The average molecular weight is 372 g/mol. The Kier molecular flexibility index (Phi) is 11.1. The molecular weight excluding hydrogens is 338 g/mol. The van der Waals surface area contributed by atoms with Crippen molar-refractivity contribution in [2.45, 2.75) is 51.2 Å². The Morgan fingerprint density at radius 3 is 2.07 bits per heavy atom. The summed E-state index contributed by atoms with van der Waals surface area (Å²) in [6.07, 6.45) is 12.9. The van der Waals surface area contributed by atoms with Crippen LogP contribution in [0.2, 0.25) is 0 Å². The number of aryl methyl sites for hydroxylation is 2. The smallest absolute Gasteiger partial charge is 0.222 e. The molecule has 0 aliphatic heterocycles. The summed E-state index contributed by atoms with van der Waals surface area (Å²) in [6.45, 7) is 2.08. The lowest BCUT2D eigenvalue weighted by Gasteiger charge is -2.10. The Labute approximate surface area is 163 Å². The summed E-state index contributed by atoms with van der Waals surface area (Å²) in [5, 5.41) is 19.7. The zero-order valence-corrected chi connectivity index (χ0v) is 16.7. The molecule has 0 saturated carbocycles. The highest BCUT2D eigenvalue weighted by Gasteiger charge is 2.06. The van der Waals surface area contributed by atoms with E-state index in [1.807, 2.05) is 12.2 Å². The number of aliphatic hydroxyl groups excluding tert-OH is 2. The Hall–Kier alpha value is -2.17. The number of amides is 1. The number of benzene rings is 1. The molecular formula is C23H33NO3. The molecule has 1 rings (SSSR count). The van der Waals surface area contributed by atoms with Crippen molar-refractivity contribution in [3.63, 3.8) is 0 Å². The van der Waals surface area contributed by atoms with E-state index in [4.69, 9.17) is 0 Å². The van der Waals surface area contributed by atoms with Crippen molar-refractivity contribution in [1.29, 1.82) is 0 Å². The van der Waals surface area contributed by atoms with E-state index in [1.54, 1.807) is 38.4 Å². The number of carbonyl (C=O) groups is 1. The van der Waals surface area contributed by atoms with Gasteiger partial charge in [0.05, 0.1) is 12.2 Å². The van der Waals surface area contributed by atoms with Crippen LogP contribution in [0.1, 0.15) is 36.8 Å². The first kappa shape index (κ1) is 22.9. The van der Waals surface area contributed by atoms with Crippen molar-refractivity contribution in [3.8, 4) is 0 Å². The Morgan fingerprint density at radius 2 is 1.52 bits per heavy atom. The number of allylic oxidation sites excluding steroid dienone is 4. The molecule has 0 spiro atoms. The summed E-state index contributed by atoms with van der Waals surface area (Å²) >= 11 is 0. The first-order chi connectivity index (χ1) is 12.9. The number of rotatable bonds is 11. The van der Waals surface area contributed by atoms with Crippen LogP contribution in [0.5, 0.6) is 0 Å². The SMILES string of the molecule is Cc1ccc(CCCC(O)/C=C/C=C/C=C/C(O)CCC(=O)N(C)C)cc1. The highest BCUT2D eigenvalue weighted by molar-refractivity contribution is 5.75. The second-order valence-electron chi connectivity index (χ2n) is 6.99. The number of carbonyl (C=O) groups excluding carboxylic acids is 1. The van der Waals surface area contributed by atoms with Crippen molar-refractivity contribution < 1.29 is 15.0 Å². The van der Waals surface area contributed by atoms with Crippen LogP contribution in [0.3, 0.4) is 0 Å². The molecule has 0 aliphatic carbocycles. The summed E-state index contributed by atoms with van der Waals surface area (Å²) in [5.74, 6) is 0.0114. The Balaban J connectivity index is 2.20. The van der Waals surface area contributed by atoms with E-state index < -0.39 is 12.2 Å². The topological polar surface area (TPSA) is 60.8 Å². The first-order valence-electron chi connectivity index (χ1n) is 9.52. The van der Waals surface area contributed by atoms with Gasteiger partial charge >= 0.3 is 0 Å². The van der Waals surface area contributed by atoms with E-state index in [0.29, 0.717) is 12.8 Å². The van der Waals surface area contributed by atoms with Crippen molar-refractivity contribution in [1.82, 2.24) is 4.90 Å². The van der Waals surface area contributed by atoms with E-state index in [2.05, 4.69) is 31.2 Å². The molecule has 1 aromatic rings. The van der Waals surface area contributed by atoms with Gasteiger partial charge in [-0.2, -0.15) is 0 Å². The van der Waals surface area contributed by atoms with E-state index in [0.717, 1.165) is 19.3 Å². The van der Waals surface area contributed by atoms with E-state index >= 15 is 0 Å². The van der Waals surface area contributed by atoms with Gasteiger partial charge in [0.25, 0.3) is 0 Å². The second-order valence-corrected chi connectivity index (χ2v) is 6.99. The lowest BCUT2D eigenvalue weighted by atomic mass is 10.0. The van der Waals surface area contributed by atoms with Crippen LogP contribution in [-0.4, -0.2) is 47.3 Å². The maximum absolute atomic E-state index is 11.4. The fourth-order valence-corrected chi connectivity index (χ4v) is 2.47. The van der Waals surface area contributed by atoms with E-state index in [1.165, 1.54) is 16.0 Å². The fraction of sp³-hybridized carbons (Fsp3) is 0.435. The van der Waals surface area contributed by atoms with Crippen LogP contribution in [0.15, 0.2) is 60.7 Å². The van der Waals surface area contributed by atoms with Gasteiger partial charge in [-0.25, -0.2) is 0 Å². The third-order valence-electron chi connectivity index (χ3n) is 4.24. The van der Waals surface area contributed by atoms with Gasteiger partial charge in [-0.15, -0.1) is 0 Å². The molecule has 2 atom stereocenters. The van der Waals surface area contributed by atoms with Gasteiger partial charge in [0.15, 0.2) is 0 Å². The number of hydrogen-bond donors (Lipinski definition) is 2. The molecule has 0 aliphatic rings. The maximum Gasteiger partial charge on any atom is 0.222 e. The predicted molar refractivity (Wildman–Crippen MR) is 111 cm³/mol. The molecule has 4 nitrogen and oxygen atoms in total. The van der Waals surface area contributed by atoms with Gasteiger partial charge < -0.3 is 15.1 Å². The minimum atomic E-state index is -0.630. The molecule has 0 heterocycles. The Bertz CT molecular complexity index is 630. The summed E-state index contributed by atoms with van der Waals surface area (Å²) in [4.78, 5) is 13.0. The van der Waals surface area contributed by atoms with Crippen LogP contribution >= 0.6 is 0 Å². The van der Waals surface area contributed by atoms with E-state index in [-0.39, 0.29) is 5.91 Å². The number of nitrogens with zero attached hydrogens (tertiary/aromatic N) is 1. The zero-order chi connectivity index (χ0) is 20.1. The lowest BCUT2D eigenvalue weighted by Crippen LogP contribution is -2.22. The fourth-order valence-electron chi connectivity index (χ4n) is 2.47. The zero-order valence-electron chi connectivity index (χ0n) is 16.7. The van der Waals surface area contributed by atoms with Crippen molar-refractivity contribution >= 4 is 5.91 Å². The van der Waals surface area contributed by atoms with Crippen molar-refractivity contribution in [2.24, 2.45) is 0 Å². The highest BCUT2D eigenvalue weighted by Crippen LogP contribution is 2.09. The monoisotopic (exact) mass is 371 g/mol. The molecule has 0 fully saturated rings. The van der Waals surface area contributed by atoms with Crippen LogP contribution in [0.25, 0.3) is 0 Å². The normalized spacial score (nSPS) is 14.3. The average Bonchev–Trinajstić information content (AvgIpc) is 2.64. The quantitative estimate of drug-likeness (QED) is 0.585. The largest absolute Gasteiger partial charge is 0.389 e.